The van der Waals surface area contributed by atoms with Crippen LogP contribution in [0.4, 0.5) is 0 Å². The molecule has 0 fully saturated rings. The fourth-order valence-electron chi connectivity index (χ4n) is 4.23. The Morgan fingerprint density at radius 2 is 1.88 bits per heavy atom. The van der Waals surface area contributed by atoms with Crippen molar-refractivity contribution < 1.29 is 9.53 Å². The van der Waals surface area contributed by atoms with Crippen molar-refractivity contribution in [2.75, 3.05) is 0 Å². The lowest BCUT2D eigenvalue weighted by Crippen LogP contribution is -2.31. The van der Waals surface area contributed by atoms with Crippen molar-refractivity contribution in [3.05, 3.63) is 62.7 Å². The average Bonchev–Trinajstić information content (AvgIpc) is 3.31. The number of carbonyl (C=O) groups is 1. The maximum absolute atomic E-state index is 12.7. The van der Waals surface area contributed by atoms with E-state index in [9.17, 15) is 14.4 Å². The average molecular weight is 452 g/mol. The van der Waals surface area contributed by atoms with Gasteiger partial charge in [-0.25, -0.2) is 9.78 Å². The molecule has 0 bridgehead atoms. The molecule has 3 heterocycles. The van der Waals surface area contributed by atoms with Gasteiger partial charge in [0.1, 0.15) is 12.4 Å². The summed E-state index contributed by atoms with van der Waals surface area (Å²) >= 11 is 0. The smallest absolute Gasteiger partial charge is 0.330 e. The minimum atomic E-state index is -0.475. The van der Waals surface area contributed by atoms with Gasteiger partial charge in [-0.2, -0.15) is 0 Å². The van der Waals surface area contributed by atoms with E-state index in [1.807, 2.05) is 55.9 Å². The summed E-state index contributed by atoms with van der Waals surface area (Å²) in [5, 5.41) is 1.02. The highest BCUT2D eigenvalue weighted by Crippen LogP contribution is 2.21. The van der Waals surface area contributed by atoms with Gasteiger partial charge in [0, 0.05) is 37.2 Å². The van der Waals surface area contributed by atoms with Gasteiger partial charge < -0.3 is 13.9 Å². The molecule has 0 radical (unpaired) electrons. The van der Waals surface area contributed by atoms with Crippen molar-refractivity contribution in [2.45, 2.75) is 59.2 Å². The van der Waals surface area contributed by atoms with E-state index in [0.717, 1.165) is 35.7 Å². The second-order valence-electron chi connectivity index (χ2n) is 8.24. The number of benzene rings is 1. The molecule has 9 nitrogen and oxygen atoms in total. The van der Waals surface area contributed by atoms with Crippen molar-refractivity contribution in [2.24, 2.45) is 7.05 Å². The SMILES string of the molecule is CCCCn1c(=O)[nH]c(=O)c2c1nc(COC(=O)Cc1cn(C)c3ccccc13)n2CCC. The summed E-state index contributed by atoms with van der Waals surface area (Å²) in [6, 6.07) is 7.90. The Morgan fingerprint density at radius 1 is 1.09 bits per heavy atom. The van der Waals surface area contributed by atoms with Crippen molar-refractivity contribution >= 4 is 28.0 Å². The van der Waals surface area contributed by atoms with Crippen molar-refractivity contribution in [3.8, 4) is 0 Å². The van der Waals surface area contributed by atoms with Crippen LogP contribution in [-0.2, 0) is 42.7 Å². The molecule has 33 heavy (non-hydrogen) atoms. The largest absolute Gasteiger partial charge is 0.457 e. The maximum atomic E-state index is 12.7. The number of fused-ring (bicyclic) bond motifs is 2. The molecule has 0 saturated heterocycles. The van der Waals surface area contributed by atoms with E-state index in [0.29, 0.717) is 30.1 Å². The van der Waals surface area contributed by atoms with Gasteiger partial charge in [-0.3, -0.25) is 19.1 Å². The van der Waals surface area contributed by atoms with E-state index in [-0.39, 0.29) is 19.0 Å². The highest BCUT2D eigenvalue weighted by molar-refractivity contribution is 5.87. The second kappa shape index (κ2) is 9.48. The topological polar surface area (TPSA) is 104 Å². The third-order valence-electron chi connectivity index (χ3n) is 5.82. The van der Waals surface area contributed by atoms with Gasteiger partial charge in [0.05, 0.1) is 6.42 Å². The summed E-state index contributed by atoms with van der Waals surface area (Å²) in [6.07, 6.45) is 4.52. The number of H-pyrrole nitrogens is 1. The number of carbonyl (C=O) groups excluding carboxylic acids is 1. The number of rotatable bonds is 9. The first-order chi connectivity index (χ1) is 15.9. The number of hydrogen-bond acceptors (Lipinski definition) is 5. The molecule has 1 aromatic carbocycles. The van der Waals surface area contributed by atoms with E-state index < -0.39 is 11.2 Å². The Kier molecular flexibility index (Phi) is 6.48. The van der Waals surface area contributed by atoms with Gasteiger partial charge in [0.25, 0.3) is 5.56 Å². The first-order valence-corrected chi connectivity index (χ1v) is 11.3. The normalized spacial score (nSPS) is 11.5. The van der Waals surface area contributed by atoms with Gasteiger partial charge in [0.15, 0.2) is 11.2 Å². The first-order valence-electron chi connectivity index (χ1n) is 11.3. The molecule has 3 aromatic heterocycles. The quantitative estimate of drug-likeness (QED) is 0.394. The lowest BCUT2D eigenvalue weighted by atomic mass is 10.1. The monoisotopic (exact) mass is 451 g/mol. The summed E-state index contributed by atoms with van der Waals surface area (Å²) in [5.74, 6) is 0.0817. The molecule has 174 valence electrons. The van der Waals surface area contributed by atoms with Crippen molar-refractivity contribution in [1.82, 2.24) is 23.7 Å². The molecule has 4 aromatic rings. The summed E-state index contributed by atoms with van der Waals surface area (Å²) < 4.78 is 10.8. The lowest BCUT2D eigenvalue weighted by Gasteiger charge is -2.08. The number of para-hydroxylation sites is 1. The van der Waals surface area contributed by atoms with Gasteiger partial charge in [-0.1, -0.05) is 38.5 Å². The zero-order valence-corrected chi connectivity index (χ0v) is 19.3. The molecule has 0 aliphatic heterocycles. The van der Waals surface area contributed by atoms with E-state index in [1.54, 1.807) is 4.57 Å². The van der Waals surface area contributed by atoms with Crippen LogP contribution in [0.1, 0.15) is 44.5 Å². The molecule has 0 unspecified atom stereocenters. The van der Waals surface area contributed by atoms with Crippen LogP contribution in [0.2, 0.25) is 0 Å². The van der Waals surface area contributed by atoms with Crippen LogP contribution < -0.4 is 11.2 Å². The van der Waals surface area contributed by atoms with Gasteiger partial charge in [-0.05, 0) is 24.5 Å². The fraction of sp³-hybridized carbons (Fsp3) is 0.417. The predicted octanol–water partition coefficient (Wildman–Crippen LogP) is 2.87. The molecule has 4 rings (SSSR count). The zero-order valence-electron chi connectivity index (χ0n) is 19.3. The fourth-order valence-corrected chi connectivity index (χ4v) is 4.23. The Morgan fingerprint density at radius 3 is 2.64 bits per heavy atom. The lowest BCUT2D eigenvalue weighted by molar-refractivity contribution is -0.144. The van der Waals surface area contributed by atoms with E-state index in [1.165, 1.54) is 4.57 Å². The number of nitrogens with one attached hydrogen (secondary N) is 1. The molecular weight excluding hydrogens is 422 g/mol. The molecule has 0 aliphatic carbocycles. The number of esters is 1. The number of aromatic nitrogens is 5. The summed E-state index contributed by atoms with van der Waals surface area (Å²) in [5.41, 5.74) is 1.68. The minimum Gasteiger partial charge on any atom is -0.457 e. The van der Waals surface area contributed by atoms with Crippen LogP contribution in [0, 0.1) is 0 Å². The molecule has 0 amide bonds. The third kappa shape index (κ3) is 4.35. The highest BCUT2D eigenvalue weighted by Gasteiger charge is 2.19. The van der Waals surface area contributed by atoms with Gasteiger partial charge >= 0.3 is 11.7 Å². The van der Waals surface area contributed by atoms with Crippen LogP contribution in [0.3, 0.4) is 0 Å². The molecule has 1 N–H and O–H groups in total. The third-order valence-corrected chi connectivity index (χ3v) is 5.82. The van der Waals surface area contributed by atoms with Crippen LogP contribution in [0.25, 0.3) is 22.1 Å². The van der Waals surface area contributed by atoms with E-state index >= 15 is 0 Å². The maximum Gasteiger partial charge on any atom is 0.330 e. The van der Waals surface area contributed by atoms with Gasteiger partial charge in [0.2, 0.25) is 0 Å². The first kappa shape index (κ1) is 22.6. The number of aromatic amines is 1. The standard InChI is InChI=1S/C24H29N5O4/c1-4-6-12-29-22-21(23(31)26-24(29)32)28(11-5-2)19(25-22)15-33-20(30)13-16-14-27(3)18-10-8-7-9-17(16)18/h7-10,14H,4-6,11-13,15H2,1-3H3,(H,26,31,32). The minimum absolute atomic E-state index is 0.0698. The summed E-state index contributed by atoms with van der Waals surface area (Å²) in [4.78, 5) is 44.6. The Hall–Kier alpha value is -3.62. The van der Waals surface area contributed by atoms with Crippen LogP contribution in [0.15, 0.2) is 40.1 Å². The van der Waals surface area contributed by atoms with Crippen LogP contribution in [-0.4, -0.2) is 29.6 Å². The number of ether oxygens (including phenoxy) is 1. The molecular formula is C24H29N5O4. The second-order valence-corrected chi connectivity index (χ2v) is 8.24. The summed E-state index contributed by atoms with van der Waals surface area (Å²) in [6.45, 7) is 4.95. The van der Waals surface area contributed by atoms with Crippen LogP contribution in [0.5, 0.6) is 0 Å². The van der Waals surface area contributed by atoms with Crippen molar-refractivity contribution in [3.63, 3.8) is 0 Å². The van der Waals surface area contributed by atoms with E-state index in [2.05, 4.69) is 9.97 Å². The van der Waals surface area contributed by atoms with Crippen LogP contribution >= 0.6 is 0 Å². The predicted molar refractivity (Wildman–Crippen MR) is 126 cm³/mol. The molecule has 0 spiro atoms. The van der Waals surface area contributed by atoms with E-state index in [4.69, 9.17) is 4.74 Å². The molecule has 0 atom stereocenters. The molecule has 0 saturated carbocycles. The van der Waals surface area contributed by atoms with Crippen molar-refractivity contribution in [1.29, 1.82) is 0 Å². The number of aryl methyl sites for hydroxylation is 3. The number of nitrogens with zero attached hydrogens (tertiary/aromatic N) is 4. The summed E-state index contributed by atoms with van der Waals surface area (Å²) in [7, 11) is 1.94. The molecule has 9 heteroatoms. The molecule has 0 aliphatic rings. The van der Waals surface area contributed by atoms with Gasteiger partial charge in [-0.15, -0.1) is 0 Å². The Balaban J connectivity index is 1.61. The highest BCUT2D eigenvalue weighted by atomic mass is 16.5. The zero-order chi connectivity index (χ0) is 23.5. The Bertz CT molecular complexity index is 1420. The number of imidazole rings is 1. The Labute approximate surface area is 190 Å². The number of unbranched alkanes of at least 4 members (excludes halogenated alkanes) is 1. The number of hydrogen-bond donors (Lipinski definition) is 1.